The van der Waals surface area contributed by atoms with Crippen LogP contribution in [0, 0.1) is 5.92 Å². The predicted octanol–water partition coefficient (Wildman–Crippen LogP) is 2.00. The molecule has 0 aliphatic rings. The van der Waals surface area contributed by atoms with Gasteiger partial charge < -0.3 is 11.1 Å². The lowest BCUT2D eigenvalue weighted by Gasteiger charge is -2.15. The van der Waals surface area contributed by atoms with E-state index < -0.39 is 0 Å². The van der Waals surface area contributed by atoms with Gasteiger partial charge in [0, 0.05) is 18.9 Å². The van der Waals surface area contributed by atoms with Crippen LogP contribution in [0.4, 0.5) is 5.82 Å². The zero-order valence-corrected chi connectivity index (χ0v) is 11.1. The zero-order chi connectivity index (χ0) is 13.4. The van der Waals surface area contributed by atoms with Crippen LogP contribution >= 0.6 is 0 Å². The molecule has 3 N–H and O–H groups in total. The van der Waals surface area contributed by atoms with Gasteiger partial charge in [-0.15, -0.1) is 0 Å². The molecule has 0 unspecified atom stereocenters. The maximum absolute atomic E-state index is 11.9. The molecule has 0 aromatic carbocycles. The van der Waals surface area contributed by atoms with Gasteiger partial charge in [0.05, 0.1) is 0 Å². The first kappa shape index (κ1) is 14.4. The van der Waals surface area contributed by atoms with Crippen LogP contribution in [-0.2, 0) is 0 Å². The molecule has 0 saturated heterocycles. The molecule has 1 atom stereocenters. The van der Waals surface area contributed by atoms with Gasteiger partial charge in [0.15, 0.2) is 11.5 Å². The van der Waals surface area contributed by atoms with Gasteiger partial charge >= 0.3 is 0 Å². The van der Waals surface area contributed by atoms with Crippen LogP contribution in [0.3, 0.4) is 0 Å². The maximum atomic E-state index is 11.9. The van der Waals surface area contributed by atoms with Gasteiger partial charge in [0.1, 0.15) is 0 Å². The number of anilines is 1. The first-order chi connectivity index (χ1) is 8.69. The Balaban J connectivity index is 2.47. The third kappa shape index (κ3) is 4.31. The quantitative estimate of drug-likeness (QED) is 0.775. The molecule has 1 heterocycles. The van der Waals surface area contributed by atoms with Crippen molar-refractivity contribution in [2.45, 2.75) is 39.5 Å². The Morgan fingerprint density at radius 2 is 2.11 bits per heavy atom. The number of hydrogen-bond donors (Lipinski definition) is 2. The number of nitrogens with one attached hydrogen (secondary N) is 1. The molecule has 0 spiro atoms. The van der Waals surface area contributed by atoms with Crippen molar-refractivity contribution in [3.05, 3.63) is 18.1 Å². The van der Waals surface area contributed by atoms with E-state index >= 15 is 0 Å². The largest absolute Gasteiger partial charge is 0.382 e. The minimum absolute atomic E-state index is 0.177. The van der Waals surface area contributed by atoms with Crippen LogP contribution in [0.25, 0.3) is 0 Å². The molecule has 0 fully saturated rings. The molecule has 0 radical (unpaired) electrons. The summed E-state index contributed by atoms with van der Waals surface area (Å²) >= 11 is 0. The summed E-state index contributed by atoms with van der Waals surface area (Å²) < 4.78 is 0. The second kappa shape index (κ2) is 7.63. The Morgan fingerprint density at radius 1 is 1.39 bits per heavy atom. The summed E-state index contributed by atoms with van der Waals surface area (Å²) in [6.45, 7) is 4.99. The highest BCUT2D eigenvalue weighted by atomic mass is 16.1. The van der Waals surface area contributed by atoms with E-state index in [1.807, 2.05) is 0 Å². The highest BCUT2D eigenvalue weighted by Gasteiger charge is 2.13. The zero-order valence-electron chi connectivity index (χ0n) is 11.1. The Morgan fingerprint density at radius 3 is 2.72 bits per heavy atom. The van der Waals surface area contributed by atoms with Crippen LogP contribution in [0.5, 0.6) is 0 Å². The second-order valence-corrected chi connectivity index (χ2v) is 4.42. The molecule has 1 rings (SSSR count). The number of carbonyl (C=O) groups is 1. The fourth-order valence-electron chi connectivity index (χ4n) is 1.79. The SMILES string of the molecule is CCCC[C@@H](CC)CNC(=O)c1nccnc1N. The van der Waals surface area contributed by atoms with Crippen LogP contribution in [0.1, 0.15) is 50.0 Å². The maximum Gasteiger partial charge on any atom is 0.273 e. The van der Waals surface area contributed by atoms with Gasteiger partial charge in [0.2, 0.25) is 0 Å². The lowest BCUT2D eigenvalue weighted by molar-refractivity contribution is 0.0941. The molecular weight excluding hydrogens is 228 g/mol. The van der Waals surface area contributed by atoms with Gasteiger partial charge in [-0.2, -0.15) is 0 Å². The Labute approximate surface area is 108 Å². The summed E-state index contributed by atoms with van der Waals surface area (Å²) in [5.41, 5.74) is 5.82. The van der Waals surface area contributed by atoms with Crippen molar-refractivity contribution in [3.8, 4) is 0 Å². The smallest absolute Gasteiger partial charge is 0.273 e. The van der Waals surface area contributed by atoms with Crippen molar-refractivity contribution in [3.63, 3.8) is 0 Å². The Kier molecular flexibility index (Phi) is 6.11. The summed E-state index contributed by atoms with van der Waals surface area (Å²) in [7, 11) is 0. The molecule has 0 bridgehead atoms. The van der Waals surface area contributed by atoms with Crippen LogP contribution in [0.2, 0.25) is 0 Å². The second-order valence-electron chi connectivity index (χ2n) is 4.42. The van der Waals surface area contributed by atoms with E-state index in [1.165, 1.54) is 25.2 Å². The molecule has 1 aromatic heterocycles. The van der Waals surface area contributed by atoms with E-state index in [0.717, 1.165) is 12.8 Å². The van der Waals surface area contributed by atoms with Crippen molar-refractivity contribution < 1.29 is 4.79 Å². The molecule has 1 aromatic rings. The van der Waals surface area contributed by atoms with Crippen LogP contribution in [0.15, 0.2) is 12.4 Å². The number of unbranched alkanes of at least 4 members (excludes halogenated alkanes) is 1. The third-order valence-electron chi connectivity index (χ3n) is 3.04. The molecule has 5 heteroatoms. The van der Waals surface area contributed by atoms with Crippen molar-refractivity contribution in [2.75, 3.05) is 12.3 Å². The van der Waals surface area contributed by atoms with E-state index in [9.17, 15) is 4.79 Å². The van der Waals surface area contributed by atoms with Crippen LogP contribution < -0.4 is 11.1 Å². The summed E-state index contributed by atoms with van der Waals surface area (Å²) in [5, 5.41) is 2.88. The average Bonchev–Trinajstić information content (AvgIpc) is 2.39. The number of rotatable bonds is 7. The van der Waals surface area contributed by atoms with E-state index in [-0.39, 0.29) is 17.4 Å². The normalized spacial score (nSPS) is 12.1. The number of carbonyl (C=O) groups excluding carboxylic acids is 1. The first-order valence-corrected chi connectivity index (χ1v) is 6.53. The lowest BCUT2D eigenvalue weighted by Crippen LogP contribution is -2.30. The number of amides is 1. The van der Waals surface area contributed by atoms with Crippen molar-refractivity contribution in [1.82, 2.24) is 15.3 Å². The minimum atomic E-state index is -0.240. The molecule has 18 heavy (non-hydrogen) atoms. The topological polar surface area (TPSA) is 80.9 Å². The highest BCUT2D eigenvalue weighted by Crippen LogP contribution is 2.11. The molecule has 0 aliphatic carbocycles. The molecule has 0 aliphatic heterocycles. The fraction of sp³-hybridized carbons (Fsp3) is 0.615. The van der Waals surface area contributed by atoms with E-state index in [1.54, 1.807) is 0 Å². The molecular formula is C13H22N4O. The minimum Gasteiger partial charge on any atom is -0.382 e. The number of aromatic nitrogens is 2. The molecule has 1 amide bonds. The number of nitrogens with zero attached hydrogens (tertiary/aromatic N) is 2. The monoisotopic (exact) mass is 250 g/mol. The number of nitrogens with two attached hydrogens (primary N) is 1. The van der Waals surface area contributed by atoms with Gasteiger partial charge in [-0.05, 0) is 12.3 Å². The van der Waals surface area contributed by atoms with Gasteiger partial charge in [0.25, 0.3) is 5.91 Å². The Hall–Kier alpha value is -1.65. The molecule has 5 nitrogen and oxygen atoms in total. The summed E-state index contributed by atoms with van der Waals surface area (Å²) in [6.07, 6.45) is 7.53. The number of hydrogen-bond acceptors (Lipinski definition) is 4. The Bertz CT molecular complexity index is 381. The molecule has 0 saturated carbocycles. The number of nitrogen functional groups attached to an aromatic ring is 1. The highest BCUT2D eigenvalue weighted by molar-refractivity contribution is 5.96. The van der Waals surface area contributed by atoms with Crippen molar-refractivity contribution >= 4 is 11.7 Å². The van der Waals surface area contributed by atoms with Crippen molar-refractivity contribution in [1.29, 1.82) is 0 Å². The standard InChI is InChI=1S/C13H22N4O/c1-3-5-6-10(4-2)9-17-13(18)11-12(14)16-8-7-15-11/h7-8,10H,3-6,9H2,1-2H3,(H2,14,16)(H,17,18)/t10-/m1/s1. The van der Waals surface area contributed by atoms with Crippen molar-refractivity contribution in [2.24, 2.45) is 5.92 Å². The van der Waals surface area contributed by atoms with E-state index in [4.69, 9.17) is 5.73 Å². The summed E-state index contributed by atoms with van der Waals surface area (Å²) in [4.78, 5) is 19.7. The average molecular weight is 250 g/mol. The lowest BCUT2D eigenvalue weighted by atomic mass is 9.99. The third-order valence-corrected chi connectivity index (χ3v) is 3.04. The van der Waals surface area contributed by atoms with Crippen LogP contribution in [-0.4, -0.2) is 22.4 Å². The van der Waals surface area contributed by atoms with E-state index in [2.05, 4.69) is 29.1 Å². The summed E-state index contributed by atoms with van der Waals surface area (Å²) in [5.74, 6) is 0.457. The van der Waals surface area contributed by atoms with Gasteiger partial charge in [-0.1, -0.05) is 33.1 Å². The van der Waals surface area contributed by atoms with Gasteiger partial charge in [-0.25, -0.2) is 9.97 Å². The summed E-state index contributed by atoms with van der Waals surface area (Å²) in [6, 6.07) is 0. The van der Waals surface area contributed by atoms with E-state index in [0.29, 0.717) is 12.5 Å². The predicted molar refractivity (Wildman–Crippen MR) is 72.1 cm³/mol. The first-order valence-electron chi connectivity index (χ1n) is 6.53. The fourth-order valence-corrected chi connectivity index (χ4v) is 1.79. The van der Waals surface area contributed by atoms with Gasteiger partial charge in [-0.3, -0.25) is 4.79 Å². The molecule has 100 valence electrons.